The average molecular weight is 323 g/mol. The largest absolute Gasteiger partial charge is 0.340 e. The van der Waals surface area contributed by atoms with Crippen LogP contribution in [0.5, 0.6) is 0 Å². The molecule has 1 atom stereocenters. The molecule has 0 bridgehead atoms. The molecule has 1 unspecified atom stereocenters. The quantitative estimate of drug-likeness (QED) is 0.744. The maximum Gasteiger partial charge on any atom is 0.243 e. The molecular formula is C18H21N5O. The third-order valence-electron chi connectivity index (χ3n) is 4.92. The highest BCUT2D eigenvalue weighted by molar-refractivity contribution is 5.77. The molecule has 0 radical (unpaired) electrons. The molecule has 6 nitrogen and oxygen atoms in total. The summed E-state index contributed by atoms with van der Waals surface area (Å²) in [5.41, 5.74) is 3.05. The van der Waals surface area contributed by atoms with E-state index in [-0.39, 0.29) is 11.9 Å². The zero-order valence-electron chi connectivity index (χ0n) is 14.0. The SMILES string of the molecule is Cc1ccc(C)n1CC(=O)N1CCCC1c1nnc2ccccn12. The average Bonchev–Trinajstić information content (AvgIpc) is 3.28. The van der Waals surface area contributed by atoms with Crippen LogP contribution in [0.25, 0.3) is 5.65 Å². The second-order valence-electron chi connectivity index (χ2n) is 6.43. The first kappa shape index (κ1) is 14.9. The number of aromatic nitrogens is 4. The van der Waals surface area contributed by atoms with Gasteiger partial charge >= 0.3 is 0 Å². The Balaban J connectivity index is 1.62. The van der Waals surface area contributed by atoms with E-state index in [0.717, 1.165) is 42.2 Å². The Morgan fingerprint density at radius 2 is 1.96 bits per heavy atom. The number of hydrogen-bond acceptors (Lipinski definition) is 3. The normalized spacial score (nSPS) is 17.8. The van der Waals surface area contributed by atoms with Gasteiger partial charge in [-0.2, -0.15) is 0 Å². The molecule has 0 N–H and O–H groups in total. The van der Waals surface area contributed by atoms with Crippen molar-refractivity contribution >= 4 is 11.6 Å². The molecule has 0 aromatic carbocycles. The van der Waals surface area contributed by atoms with Crippen molar-refractivity contribution in [1.29, 1.82) is 0 Å². The van der Waals surface area contributed by atoms with Gasteiger partial charge in [0.1, 0.15) is 6.54 Å². The molecular weight excluding hydrogens is 302 g/mol. The van der Waals surface area contributed by atoms with E-state index in [9.17, 15) is 4.79 Å². The standard InChI is InChI=1S/C18H21N5O/c1-13-8-9-14(2)23(13)12-17(24)21-11-5-6-15(21)18-20-19-16-7-3-4-10-22(16)18/h3-4,7-10,15H,5-6,11-12H2,1-2H3. The molecule has 1 aliphatic rings. The first-order valence-electron chi connectivity index (χ1n) is 8.37. The summed E-state index contributed by atoms with van der Waals surface area (Å²) < 4.78 is 4.06. The summed E-state index contributed by atoms with van der Waals surface area (Å²) in [6.07, 6.45) is 3.90. The Kier molecular flexibility index (Phi) is 3.59. The molecule has 0 saturated carbocycles. The Labute approximate surface area is 140 Å². The van der Waals surface area contributed by atoms with Crippen LogP contribution >= 0.6 is 0 Å². The van der Waals surface area contributed by atoms with Crippen molar-refractivity contribution in [3.8, 4) is 0 Å². The highest BCUT2D eigenvalue weighted by Gasteiger charge is 2.33. The molecule has 24 heavy (non-hydrogen) atoms. The predicted octanol–water partition coefficient (Wildman–Crippen LogP) is 2.51. The summed E-state index contributed by atoms with van der Waals surface area (Å²) in [5, 5.41) is 8.59. The molecule has 0 spiro atoms. The van der Waals surface area contributed by atoms with Gasteiger partial charge in [-0.3, -0.25) is 9.20 Å². The van der Waals surface area contributed by atoms with E-state index in [0.29, 0.717) is 6.54 Å². The third-order valence-corrected chi connectivity index (χ3v) is 4.92. The summed E-state index contributed by atoms with van der Waals surface area (Å²) in [5.74, 6) is 1.00. The predicted molar refractivity (Wildman–Crippen MR) is 90.6 cm³/mol. The summed E-state index contributed by atoms with van der Waals surface area (Å²) in [7, 11) is 0. The second kappa shape index (κ2) is 5.78. The number of rotatable bonds is 3. The number of pyridine rings is 1. The van der Waals surface area contributed by atoms with Crippen LogP contribution in [0.4, 0.5) is 0 Å². The van der Waals surface area contributed by atoms with E-state index in [1.165, 1.54) is 0 Å². The molecule has 124 valence electrons. The Morgan fingerprint density at radius 1 is 1.17 bits per heavy atom. The first-order chi connectivity index (χ1) is 11.6. The fraction of sp³-hybridized carbons (Fsp3) is 0.389. The van der Waals surface area contributed by atoms with Gasteiger partial charge in [-0.05, 0) is 51.0 Å². The number of aryl methyl sites for hydroxylation is 2. The number of nitrogens with zero attached hydrogens (tertiary/aromatic N) is 5. The molecule has 0 aliphatic carbocycles. The van der Waals surface area contributed by atoms with Gasteiger partial charge in [0.2, 0.25) is 5.91 Å². The fourth-order valence-corrected chi connectivity index (χ4v) is 3.60. The van der Waals surface area contributed by atoms with Gasteiger partial charge in [-0.25, -0.2) is 0 Å². The molecule has 6 heteroatoms. The number of carbonyl (C=O) groups excluding carboxylic acids is 1. The lowest BCUT2D eigenvalue weighted by atomic mass is 10.2. The van der Waals surface area contributed by atoms with Gasteiger partial charge in [-0.15, -0.1) is 10.2 Å². The van der Waals surface area contributed by atoms with Crippen molar-refractivity contribution in [3.05, 3.63) is 53.7 Å². The van der Waals surface area contributed by atoms with Crippen LogP contribution in [0.15, 0.2) is 36.5 Å². The topological polar surface area (TPSA) is 55.4 Å². The highest BCUT2D eigenvalue weighted by atomic mass is 16.2. The van der Waals surface area contributed by atoms with Gasteiger partial charge in [0, 0.05) is 24.1 Å². The lowest BCUT2D eigenvalue weighted by molar-refractivity contribution is -0.133. The van der Waals surface area contributed by atoms with E-state index in [2.05, 4.69) is 26.9 Å². The molecule has 1 fully saturated rings. The molecule has 3 aromatic rings. The van der Waals surface area contributed by atoms with Crippen LogP contribution in [0.2, 0.25) is 0 Å². The van der Waals surface area contributed by atoms with Crippen LogP contribution in [0.3, 0.4) is 0 Å². The van der Waals surface area contributed by atoms with E-state index in [1.807, 2.05) is 47.5 Å². The van der Waals surface area contributed by atoms with E-state index in [4.69, 9.17) is 0 Å². The maximum absolute atomic E-state index is 12.9. The minimum Gasteiger partial charge on any atom is -0.340 e. The van der Waals surface area contributed by atoms with Gasteiger partial charge in [0.05, 0.1) is 6.04 Å². The zero-order valence-corrected chi connectivity index (χ0v) is 14.0. The monoisotopic (exact) mass is 323 g/mol. The van der Waals surface area contributed by atoms with E-state index < -0.39 is 0 Å². The van der Waals surface area contributed by atoms with Crippen molar-refractivity contribution in [2.24, 2.45) is 0 Å². The number of amides is 1. The Bertz CT molecular complexity index is 874. The smallest absolute Gasteiger partial charge is 0.243 e. The van der Waals surface area contributed by atoms with Crippen LogP contribution in [0, 0.1) is 13.8 Å². The minimum absolute atomic E-state index is 0.00562. The number of likely N-dealkylation sites (tertiary alicyclic amines) is 1. The lowest BCUT2D eigenvalue weighted by Crippen LogP contribution is -2.34. The molecule has 1 aliphatic heterocycles. The van der Waals surface area contributed by atoms with Gasteiger partial charge in [-0.1, -0.05) is 6.07 Å². The molecule has 1 saturated heterocycles. The van der Waals surface area contributed by atoms with Crippen LogP contribution in [-0.2, 0) is 11.3 Å². The van der Waals surface area contributed by atoms with Gasteiger partial charge in [0.15, 0.2) is 11.5 Å². The van der Waals surface area contributed by atoms with Crippen molar-refractivity contribution in [1.82, 2.24) is 24.1 Å². The van der Waals surface area contributed by atoms with Crippen molar-refractivity contribution in [2.75, 3.05) is 6.54 Å². The van der Waals surface area contributed by atoms with Crippen molar-refractivity contribution in [3.63, 3.8) is 0 Å². The lowest BCUT2D eigenvalue weighted by Gasteiger charge is -2.24. The molecule has 1 amide bonds. The van der Waals surface area contributed by atoms with Crippen LogP contribution < -0.4 is 0 Å². The summed E-state index contributed by atoms with van der Waals surface area (Å²) in [6.45, 7) is 5.24. The first-order valence-corrected chi connectivity index (χ1v) is 8.37. The second-order valence-corrected chi connectivity index (χ2v) is 6.43. The highest BCUT2D eigenvalue weighted by Crippen LogP contribution is 2.31. The van der Waals surface area contributed by atoms with Crippen molar-refractivity contribution in [2.45, 2.75) is 39.3 Å². The van der Waals surface area contributed by atoms with E-state index in [1.54, 1.807) is 0 Å². The Morgan fingerprint density at radius 3 is 2.75 bits per heavy atom. The van der Waals surface area contributed by atoms with Gasteiger partial charge < -0.3 is 9.47 Å². The molecule has 4 rings (SSSR count). The molecule has 4 heterocycles. The third kappa shape index (κ3) is 2.38. The number of fused-ring (bicyclic) bond motifs is 1. The minimum atomic E-state index is 0.00562. The summed E-state index contributed by atoms with van der Waals surface area (Å²) in [6, 6.07) is 9.96. The van der Waals surface area contributed by atoms with E-state index >= 15 is 0 Å². The fourth-order valence-electron chi connectivity index (χ4n) is 3.60. The van der Waals surface area contributed by atoms with Crippen molar-refractivity contribution < 1.29 is 4.79 Å². The summed E-state index contributed by atoms with van der Waals surface area (Å²) >= 11 is 0. The zero-order chi connectivity index (χ0) is 16.7. The molecule has 3 aromatic heterocycles. The van der Waals surface area contributed by atoms with Crippen LogP contribution in [-0.4, -0.2) is 36.5 Å². The van der Waals surface area contributed by atoms with Gasteiger partial charge in [0.25, 0.3) is 0 Å². The maximum atomic E-state index is 12.9. The number of hydrogen-bond donors (Lipinski definition) is 0. The Hall–Kier alpha value is -2.63. The van der Waals surface area contributed by atoms with Crippen LogP contribution in [0.1, 0.15) is 36.1 Å². The number of carbonyl (C=O) groups is 1. The summed E-state index contributed by atoms with van der Waals surface area (Å²) in [4.78, 5) is 14.9.